The van der Waals surface area contributed by atoms with E-state index >= 15 is 0 Å². The van der Waals surface area contributed by atoms with Crippen molar-refractivity contribution in [2.45, 2.75) is 37.7 Å². The molecule has 0 spiro atoms. The van der Waals surface area contributed by atoms with Crippen LogP contribution in [0, 0.1) is 5.92 Å². The number of aliphatic hydroxyl groups excluding tert-OH is 2. The Morgan fingerprint density at radius 2 is 2.11 bits per heavy atom. The molecule has 1 aliphatic carbocycles. The Balaban J connectivity index is 1.55. The molecule has 0 radical (unpaired) electrons. The summed E-state index contributed by atoms with van der Waals surface area (Å²) in [6.07, 6.45) is 1.53. The van der Waals surface area contributed by atoms with Gasteiger partial charge in [-0.25, -0.2) is 9.97 Å². The monoisotopic (exact) mass is 582 g/mol. The molecule has 38 heavy (non-hydrogen) atoms. The number of ether oxygens (including phenoxy) is 1. The molecule has 2 aromatic heterocycles. The summed E-state index contributed by atoms with van der Waals surface area (Å²) in [5, 5.41) is 25.0. The molecule has 1 fully saturated rings. The third kappa shape index (κ3) is 6.93. The molecule has 11 nitrogen and oxygen atoms in total. The van der Waals surface area contributed by atoms with Crippen molar-refractivity contribution in [2.75, 3.05) is 19.0 Å². The lowest BCUT2D eigenvalue weighted by Gasteiger charge is -2.15. The lowest BCUT2D eigenvalue weighted by atomic mass is 10.0. The van der Waals surface area contributed by atoms with Crippen molar-refractivity contribution in [3.63, 3.8) is 0 Å². The predicted molar refractivity (Wildman–Crippen MR) is 142 cm³/mol. The molecule has 204 valence electrons. The zero-order chi connectivity index (χ0) is 27.4. The largest absolute Gasteiger partial charge is 0.393 e. The van der Waals surface area contributed by atoms with Crippen molar-refractivity contribution < 1.29 is 32.7 Å². The fraction of sp³-hybridized carbons (Fsp3) is 0.375. The van der Waals surface area contributed by atoms with E-state index < -0.39 is 28.4 Å². The third-order valence-electron chi connectivity index (χ3n) is 6.28. The van der Waals surface area contributed by atoms with Gasteiger partial charge in [0.25, 0.3) is 0 Å². The number of thiophene rings is 1. The molecule has 1 aliphatic rings. The maximum absolute atomic E-state index is 13.6. The average molecular weight is 583 g/mol. The summed E-state index contributed by atoms with van der Waals surface area (Å²) in [4.78, 5) is 22.8. The number of aliphatic hydroxyl groups is 2. The molecule has 4 rings (SSSR count). The number of aromatic nitrogens is 2. The highest BCUT2D eigenvalue weighted by Crippen LogP contribution is 2.35. The van der Waals surface area contributed by atoms with Gasteiger partial charge in [0.1, 0.15) is 18.2 Å². The SMILES string of the molecule is COCc1sc(C(=O)c2cncnc2N[C@@H]2C[C@H](CNS(=O)(=O)O)[C@@H](O)C2)cc1[C@@H](O)c1cccc(Cl)c1. The first-order valence-electron chi connectivity index (χ1n) is 11.6. The van der Waals surface area contributed by atoms with Crippen molar-refractivity contribution in [3.8, 4) is 0 Å². The fourth-order valence-electron chi connectivity index (χ4n) is 4.48. The Labute approximate surface area is 228 Å². The second-order valence-electron chi connectivity index (χ2n) is 8.96. The van der Waals surface area contributed by atoms with Crippen LogP contribution in [0.2, 0.25) is 5.02 Å². The molecule has 0 bridgehead atoms. The Morgan fingerprint density at radius 3 is 2.82 bits per heavy atom. The maximum Gasteiger partial charge on any atom is 0.333 e. The molecule has 0 aliphatic heterocycles. The second-order valence-corrected chi connectivity index (χ2v) is 11.8. The van der Waals surface area contributed by atoms with Crippen LogP contribution in [-0.4, -0.2) is 64.7 Å². The Hall–Kier alpha value is -2.49. The van der Waals surface area contributed by atoms with E-state index in [1.165, 1.54) is 31.0 Å². The minimum absolute atomic E-state index is 0.122. The van der Waals surface area contributed by atoms with Gasteiger partial charge < -0.3 is 20.3 Å². The molecule has 0 unspecified atom stereocenters. The van der Waals surface area contributed by atoms with Gasteiger partial charge in [0.15, 0.2) is 0 Å². The minimum Gasteiger partial charge on any atom is -0.393 e. The normalized spacial score (nSPS) is 20.4. The standard InChI is InChI=1S/C24H27ClN4O7S2/c1-36-11-21-17(22(31)13-3-2-4-15(25)5-13)8-20(37-21)23(32)18-10-26-12-27-24(18)29-16-6-14(19(30)7-16)9-28-38(33,34)35/h2-5,8,10,12,14,16,19,22,28,30-31H,6-7,9,11H2,1H3,(H,26,27,29)(H,33,34,35)/t14-,16-,19+,22+/m1/s1. The highest BCUT2D eigenvalue weighted by molar-refractivity contribution is 7.83. The van der Waals surface area contributed by atoms with Crippen molar-refractivity contribution >= 4 is 44.8 Å². The van der Waals surface area contributed by atoms with Crippen LogP contribution in [0.5, 0.6) is 0 Å². The van der Waals surface area contributed by atoms with E-state index in [2.05, 4.69) is 15.3 Å². The summed E-state index contributed by atoms with van der Waals surface area (Å²) in [7, 11) is -2.84. The summed E-state index contributed by atoms with van der Waals surface area (Å²) in [5.74, 6) is -0.521. The van der Waals surface area contributed by atoms with Crippen molar-refractivity contribution in [3.05, 3.63) is 74.3 Å². The molecule has 5 N–H and O–H groups in total. The zero-order valence-electron chi connectivity index (χ0n) is 20.2. The van der Waals surface area contributed by atoms with Crippen molar-refractivity contribution in [1.29, 1.82) is 0 Å². The molecule has 1 aromatic carbocycles. The number of hydrogen-bond donors (Lipinski definition) is 5. The molecule has 0 saturated heterocycles. The van der Waals surface area contributed by atoms with Crippen LogP contribution >= 0.6 is 22.9 Å². The van der Waals surface area contributed by atoms with Gasteiger partial charge in [-0.05, 0) is 36.6 Å². The Bertz CT molecular complexity index is 1400. The topological polar surface area (TPSA) is 171 Å². The summed E-state index contributed by atoms with van der Waals surface area (Å²) in [6.45, 7) is 0.0726. The highest BCUT2D eigenvalue weighted by atomic mass is 35.5. The number of rotatable bonds is 11. The van der Waals surface area contributed by atoms with Gasteiger partial charge in [-0.1, -0.05) is 23.7 Å². The van der Waals surface area contributed by atoms with Gasteiger partial charge in [0, 0.05) is 47.3 Å². The quantitative estimate of drug-likeness (QED) is 0.167. The molecule has 0 amide bonds. The molecule has 2 heterocycles. The summed E-state index contributed by atoms with van der Waals surface area (Å²) >= 11 is 7.29. The molecule has 3 aromatic rings. The number of nitrogens with one attached hydrogen (secondary N) is 2. The minimum atomic E-state index is -4.37. The zero-order valence-corrected chi connectivity index (χ0v) is 22.6. The lowest BCUT2D eigenvalue weighted by Crippen LogP contribution is -2.32. The first-order chi connectivity index (χ1) is 18.1. The number of benzene rings is 1. The lowest BCUT2D eigenvalue weighted by molar-refractivity contribution is 0.104. The molecule has 1 saturated carbocycles. The molecule has 14 heteroatoms. The van der Waals surface area contributed by atoms with Crippen molar-refractivity contribution in [1.82, 2.24) is 14.7 Å². The van der Waals surface area contributed by atoms with Gasteiger partial charge in [-0.15, -0.1) is 11.3 Å². The number of carbonyl (C=O) groups excluding carboxylic acids is 1. The van der Waals surface area contributed by atoms with Crippen LogP contribution in [0.4, 0.5) is 5.82 Å². The first kappa shape index (κ1) is 28.5. The van der Waals surface area contributed by atoms with Gasteiger partial charge in [-0.3, -0.25) is 9.35 Å². The van der Waals surface area contributed by atoms with E-state index in [-0.39, 0.29) is 36.4 Å². The highest BCUT2D eigenvalue weighted by Gasteiger charge is 2.34. The first-order valence-corrected chi connectivity index (χ1v) is 14.3. The Kier molecular flexibility index (Phi) is 9.11. The molecular weight excluding hydrogens is 556 g/mol. The second kappa shape index (κ2) is 12.1. The smallest absolute Gasteiger partial charge is 0.333 e. The van der Waals surface area contributed by atoms with Gasteiger partial charge in [0.05, 0.1) is 23.2 Å². The number of anilines is 1. The van der Waals surface area contributed by atoms with Crippen LogP contribution in [-0.2, 0) is 21.6 Å². The Morgan fingerprint density at radius 1 is 1.32 bits per heavy atom. The van der Waals surface area contributed by atoms with Gasteiger partial charge >= 0.3 is 10.3 Å². The molecule has 4 atom stereocenters. The number of hydrogen-bond acceptors (Lipinski definition) is 10. The predicted octanol–water partition coefficient (Wildman–Crippen LogP) is 2.59. The number of methoxy groups -OCH3 is 1. The van der Waals surface area contributed by atoms with Crippen LogP contribution < -0.4 is 10.0 Å². The van der Waals surface area contributed by atoms with E-state index in [0.29, 0.717) is 38.7 Å². The van der Waals surface area contributed by atoms with Crippen molar-refractivity contribution in [2.24, 2.45) is 5.92 Å². The van der Waals surface area contributed by atoms with E-state index in [1.54, 1.807) is 30.3 Å². The van der Waals surface area contributed by atoms with Crippen LogP contribution in [0.15, 0.2) is 42.9 Å². The molecular formula is C24H27ClN4O7S2. The van der Waals surface area contributed by atoms with E-state index in [0.717, 1.165) is 0 Å². The van der Waals surface area contributed by atoms with Crippen LogP contribution in [0.25, 0.3) is 0 Å². The summed E-state index contributed by atoms with van der Waals surface area (Å²) in [6, 6.07) is 8.17. The third-order valence-corrected chi connectivity index (χ3v) is 8.17. The summed E-state index contributed by atoms with van der Waals surface area (Å²) in [5.41, 5.74) is 1.31. The fourth-order valence-corrected chi connectivity index (χ4v) is 6.22. The van der Waals surface area contributed by atoms with E-state index in [1.807, 2.05) is 4.72 Å². The maximum atomic E-state index is 13.6. The summed E-state index contributed by atoms with van der Waals surface area (Å²) < 4.78 is 38.2. The van der Waals surface area contributed by atoms with Crippen LogP contribution in [0.3, 0.4) is 0 Å². The number of nitrogens with zero attached hydrogens (tertiary/aromatic N) is 2. The van der Waals surface area contributed by atoms with E-state index in [4.69, 9.17) is 20.9 Å². The van der Waals surface area contributed by atoms with Crippen LogP contribution in [0.1, 0.15) is 50.2 Å². The van der Waals surface area contributed by atoms with Gasteiger partial charge in [0.2, 0.25) is 5.78 Å². The van der Waals surface area contributed by atoms with E-state index in [9.17, 15) is 23.4 Å². The number of ketones is 1. The number of carbonyl (C=O) groups is 1. The number of halogens is 1. The average Bonchev–Trinajstić information content (AvgIpc) is 3.45. The van der Waals surface area contributed by atoms with Gasteiger partial charge in [-0.2, -0.15) is 13.1 Å².